The maximum Gasteiger partial charge on any atom is 0.293 e. The van der Waals surface area contributed by atoms with Gasteiger partial charge in [-0.2, -0.15) is 5.26 Å². The molecule has 0 radical (unpaired) electrons. The van der Waals surface area contributed by atoms with E-state index in [1.165, 1.54) is 36.7 Å². The number of aromatic nitrogens is 1. The summed E-state index contributed by atoms with van der Waals surface area (Å²) in [6.07, 6.45) is 1.50. The highest BCUT2D eigenvalue weighted by atomic mass is 35.5. The van der Waals surface area contributed by atoms with Gasteiger partial charge in [-0.3, -0.25) is 14.4 Å². The molecule has 0 aliphatic carbocycles. The summed E-state index contributed by atoms with van der Waals surface area (Å²) < 4.78 is 19.9. The number of Topliss-reactive ketones (excluding diaryl/α,β-unsaturated/α-hetero) is 1. The molecule has 0 unspecified atom stereocenters. The van der Waals surface area contributed by atoms with Crippen molar-refractivity contribution in [3.8, 4) is 6.07 Å². The molecule has 1 aromatic heterocycles. The van der Waals surface area contributed by atoms with Crippen LogP contribution in [0.5, 0.6) is 0 Å². The van der Waals surface area contributed by atoms with Gasteiger partial charge in [0.2, 0.25) is 0 Å². The Morgan fingerprint density at radius 1 is 1.39 bits per heavy atom. The number of ether oxygens (including phenoxy) is 1. The Balaban J connectivity index is 1.88. The second-order valence-electron chi connectivity index (χ2n) is 7.10. The molecule has 0 saturated carbocycles. The largest absolute Gasteiger partial charge is 0.376 e. The fourth-order valence-electron chi connectivity index (χ4n) is 3.22. The first kappa shape index (κ1) is 22.2. The number of anilines is 1. The number of halogens is 2. The van der Waals surface area contributed by atoms with E-state index in [2.05, 4.69) is 17.2 Å². The van der Waals surface area contributed by atoms with Crippen molar-refractivity contribution < 1.29 is 23.5 Å². The minimum atomic E-state index is -0.904. The van der Waals surface area contributed by atoms with E-state index in [-0.39, 0.29) is 46.4 Å². The van der Waals surface area contributed by atoms with Crippen LogP contribution in [0, 0.1) is 24.1 Å². The van der Waals surface area contributed by atoms with E-state index in [1.54, 1.807) is 6.07 Å². The summed E-state index contributed by atoms with van der Waals surface area (Å²) in [5, 5.41) is 14.0. The predicted octanol–water partition coefficient (Wildman–Crippen LogP) is 2.50. The minimum Gasteiger partial charge on any atom is -0.376 e. The number of benzene rings is 1. The van der Waals surface area contributed by atoms with E-state index >= 15 is 0 Å². The molecule has 2 aromatic rings. The Bertz CT molecular complexity index is 1160. The van der Waals surface area contributed by atoms with E-state index in [4.69, 9.17) is 21.6 Å². The van der Waals surface area contributed by atoms with Crippen molar-refractivity contribution in [1.29, 1.82) is 5.26 Å². The Morgan fingerprint density at radius 2 is 2.06 bits per heavy atom. The van der Waals surface area contributed by atoms with Gasteiger partial charge in [0.05, 0.1) is 24.3 Å². The molecule has 1 aromatic carbocycles. The van der Waals surface area contributed by atoms with Gasteiger partial charge in [-0.1, -0.05) is 17.7 Å². The highest BCUT2D eigenvalue weighted by Gasteiger charge is 2.39. The number of hydrogen-bond acceptors (Lipinski definition) is 5. The van der Waals surface area contributed by atoms with Gasteiger partial charge >= 0.3 is 0 Å². The average Bonchev–Trinajstić information content (AvgIpc) is 2.93. The fourth-order valence-corrected chi connectivity index (χ4v) is 3.53. The number of ketones is 1. The summed E-state index contributed by atoms with van der Waals surface area (Å²) in [4.78, 5) is 38.1. The molecule has 1 aliphatic rings. The van der Waals surface area contributed by atoms with Gasteiger partial charge in [0.1, 0.15) is 28.3 Å². The Labute approximate surface area is 182 Å². The second kappa shape index (κ2) is 8.34. The molecule has 2 amide bonds. The Morgan fingerprint density at radius 3 is 2.61 bits per heavy atom. The molecule has 10 heteroatoms. The maximum absolute atomic E-state index is 13.5. The predicted molar refractivity (Wildman–Crippen MR) is 110 cm³/mol. The SMILES string of the molecule is C=CC1(NC(=O)C(=O)c2c(C)c(C(=O)Nc3ccc(F)c(C#N)c3)n(C)c2Cl)COC1. The second-order valence-corrected chi connectivity index (χ2v) is 7.45. The molecule has 0 spiro atoms. The van der Waals surface area contributed by atoms with Gasteiger partial charge in [0.25, 0.3) is 17.6 Å². The Kier molecular flexibility index (Phi) is 5.97. The third-order valence-electron chi connectivity index (χ3n) is 5.03. The summed E-state index contributed by atoms with van der Waals surface area (Å²) in [6, 6.07) is 5.22. The fraction of sp³-hybridized carbons (Fsp3) is 0.238. The number of nitrogens with one attached hydrogen (secondary N) is 2. The van der Waals surface area contributed by atoms with Crippen molar-refractivity contribution in [1.82, 2.24) is 9.88 Å². The zero-order valence-corrected chi connectivity index (χ0v) is 17.5. The number of nitrogens with zero attached hydrogens (tertiary/aromatic N) is 2. The van der Waals surface area contributed by atoms with Crippen molar-refractivity contribution in [2.45, 2.75) is 12.5 Å². The molecule has 8 nitrogen and oxygen atoms in total. The number of amides is 2. The summed E-state index contributed by atoms with van der Waals surface area (Å²) in [7, 11) is 1.47. The standard InChI is InChI=1S/C21H18ClFN4O4/c1-4-21(9-31-10-21)26-20(30)17(28)15-11(2)16(27(3)18(15)22)19(29)25-13-5-6-14(23)12(7-13)8-24/h4-7H,1,9-10H2,2-3H3,(H,25,29)(H,26,30). The van der Waals surface area contributed by atoms with E-state index in [0.717, 1.165) is 6.07 Å². The number of hydrogen-bond donors (Lipinski definition) is 2. The summed E-state index contributed by atoms with van der Waals surface area (Å²) in [5.41, 5.74) is -0.738. The van der Waals surface area contributed by atoms with Crippen LogP contribution in [0.25, 0.3) is 0 Å². The van der Waals surface area contributed by atoms with Crippen LogP contribution in [0.2, 0.25) is 5.15 Å². The van der Waals surface area contributed by atoms with Crippen LogP contribution in [0.3, 0.4) is 0 Å². The van der Waals surface area contributed by atoms with Crippen molar-refractivity contribution in [2.24, 2.45) is 7.05 Å². The third kappa shape index (κ3) is 3.95. The highest BCUT2D eigenvalue weighted by molar-refractivity contribution is 6.47. The summed E-state index contributed by atoms with van der Waals surface area (Å²) in [5.74, 6) is -3.17. The van der Waals surface area contributed by atoms with Crippen molar-refractivity contribution in [3.05, 3.63) is 64.2 Å². The van der Waals surface area contributed by atoms with Crippen LogP contribution < -0.4 is 10.6 Å². The molecule has 3 rings (SSSR count). The monoisotopic (exact) mass is 444 g/mol. The zero-order valence-electron chi connectivity index (χ0n) is 16.7. The number of carbonyl (C=O) groups is 3. The molecule has 1 saturated heterocycles. The number of rotatable bonds is 6. The lowest BCUT2D eigenvalue weighted by atomic mass is 9.97. The quantitative estimate of drug-likeness (QED) is 0.404. The molecule has 31 heavy (non-hydrogen) atoms. The van der Waals surface area contributed by atoms with E-state index in [9.17, 15) is 18.8 Å². The van der Waals surface area contributed by atoms with Gasteiger partial charge in [-0.05, 0) is 30.7 Å². The van der Waals surface area contributed by atoms with Crippen LogP contribution >= 0.6 is 11.6 Å². The van der Waals surface area contributed by atoms with Crippen LogP contribution in [-0.2, 0) is 16.6 Å². The van der Waals surface area contributed by atoms with Crippen LogP contribution in [-0.4, -0.2) is 40.9 Å². The Hall–Kier alpha value is -3.48. The van der Waals surface area contributed by atoms with E-state index in [1.807, 2.05) is 0 Å². The average molecular weight is 445 g/mol. The molecule has 0 bridgehead atoms. The first-order valence-electron chi connectivity index (χ1n) is 9.08. The van der Waals surface area contributed by atoms with Gasteiger partial charge < -0.3 is 19.9 Å². The lowest BCUT2D eigenvalue weighted by Crippen LogP contribution is -2.61. The van der Waals surface area contributed by atoms with Crippen molar-refractivity contribution in [3.63, 3.8) is 0 Å². The van der Waals surface area contributed by atoms with Crippen LogP contribution in [0.4, 0.5) is 10.1 Å². The molecular formula is C21H18ClFN4O4. The van der Waals surface area contributed by atoms with Gasteiger partial charge in [-0.25, -0.2) is 4.39 Å². The van der Waals surface area contributed by atoms with E-state index in [0.29, 0.717) is 0 Å². The minimum absolute atomic E-state index is 0.0365. The molecule has 1 aliphatic heterocycles. The van der Waals surface area contributed by atoms with Crippen molar-refractivity contribution in [2.75, 3.05) is 18.5 Å². The molecule has 1 fully saturated rings. The van der Waals surface area contributed by atoms with Gasteiger partial charge in [0, 0.05) is 12.7 Å². The van der Waals surface area contributed by atoms with E-state index < -0.39 is 29.0 Å². The molecule has 160 valence electrons. The normalized spacial score (nSPS) is 14.2. The topological polar surface area (TPSA) is 113 Å². The summed E-state index contributed by atoms with van der Waals surface area (Å²) >= 11 is 6.27. The highest BCUT2D eigenvalue weighted by Crippen LogP contribution is 2.28. The first-order chi connectivity index (χ1) is 14.6. The number of carbonyl (C=O) groups excluding carboxylic acids is 3. The molecule has 2 N–H and O–H groups in total. The third-order valence-corrected chi connectivity index (χ3v) is 5.47. The van der Waals surface area contributed by atoms with Gasteiger partial charge in [-0.15, -0.1) is 6.58 Å². The maximum atomic E-state index is 13.5. The summed E-state index contributed by atoms with van der Waals surface area (Å²) in [6.45, 7) is 5.53. The zero-order chi connectivity index (χ0) is 22.9. The molecule has 0 atom stereocenters. The van der Waals surface area contributed by atoms with Crippen LogP contribution in [0.1, 0.15) is 32.0 Å². The van der Waals surface area contributed by atoms with Crippen LogP contribution in [0.15, 0.2) is 30.9 Å². The number of nitriles is 1. The lowest BCUT2D eigenvalue weighted by Gasteiger charge is -2.39. The molecular weight excluding hydrogens is 427 g/mol. The van der Waals surface area contributed by atoms with Gasteiger partial charge in [0.15, 0.2) is 0 Å². The van der Waals surface area contributed by atoms with Crippen molar-refractivity contribution >= 4 is 34.9 Å². The first-order valence-corrected chi connectivity index (χ1v) is 9.46. The lowest BCUT2D eigenvalue weighted by molar-refractivity contribution is -0.124. The smallest absolute Gasteiger partial charge is 0.293 e. The molecule has 2 heterocycles.